The Hall–Kier alpha value is -1.85. The molecule has 6 nitrogen and oxygen atoms in total. The Kier molecular flexibility index (Phi) is 5.35. The first-order valence-corrected chi connectivity index (χ1v) is 6.15. The lowest BCUT2D eigenvalue weighted by atomic mass is 10.3. The van der Waals surface area contributed by atoms with Crippen LogP contribution in [0, 0.1) is 0 Å². The van der Waals surface area contributed by atoms with Crippen molar-refractivity contribution in [3.63, 3.8) is 0 Å². The highest BCUT2D eigenvalue weighted by atomic mass is 16.1. The van der Waals surface area contributed by atoms with Crippen LogP contribution in [0.1, 0.15) is 27.2 Å². The summed E-state index contributed by atoms with van der Waals surface area (Å²) in [6, 6.07) is 1.98. The minimum absolute atomic E-state index is 0.145. The van der Waals surface area contributed by atoms with E-state index in [2.05, 4.69) is 22.2 Å². The summed E-state index contributed by atoms with van der Waals surface area (Å²) in [5.41, 5.74) is 5.25. The largest absolute Gasteiger partial charge is 0.370 e. The average Bonchev–Trinajstić information content (AvgIpc) is 2.33. The van der Waals surface area contributed by atoms with E-state index in [4.69, 9.17) is 5.73 Å². The van der Waals surface area contributed by atoms with E-state index in [1.54, 1.807) is 0 Å². The van der Waals surface area contributed by atoms with Gasteiger partial charge in [-0.1, -0.05) is 6.92 Å². The number of rotatable bonds is 7. The van der Waals surface area contributed by atoms with Crippen LogP contribution in [0.2, 0.25) is 0 Å². The fraction of sp³-hybridized carbons (Fsp3) is 0.583. The van der Waals surface area contributed by atoms with Gasteiger partial charge in [0.2, 0.25) is 5.91 Å². The number of hydrogen-bond donors (Lipinski definition) is 2. The number of carbonyl (C=O) groups excluding carboxylic acids is 1. The number of nitrogens with two attached hydrogens (primary N) is 1. The Balaban J connectivity index is 2.87. The van der Waals surface area contributed by atoms with Crippen molar-refractivity contribution in [1.29, 1.82) is 0 Å². The zero-order valence-electron chi connectivity index (χ0n) is 11.2. The first-order chi connectivity index (χ1) is 8.54. The van der Waals surface area contributed by atoms with Gasteiger partial charge in [0.15, 0.2) is 0 Å². The minimum Gasteiger partial charge on any atom is -0.370 e. The second-order valence-electron chi connectivity index (χ2n) is 4.38. The van der Waals surface area contributed by atoms with Crippen LogP contribution >= 0.6 is 0 Å². The van der Waals surface area contributed by atoms with Crippen LogP contribution < -0.4 is 16.0 Å². The Bertz CT molecular complexity index is 394. The lowest BCUT2D eigenvalue weighted by Gasteiger charge is -2.26. The average molecular weight is 251 g/mol. The molecule has 0 aliphatic rings. The number of aromatic nitrogens is 2. The van der Waals surface area contributed by atoms with Crippen molar-refractivity contribution in [2.75, 3.05) is 23.3 Å². The first kappa shape index (κ1) is 14.2. The van der Waals surface area contributed by atoms with Gasteiger partial charge in [-0.3, -0.25) is 4.79 Å². The first-order valence-electron chi connectivity index (χ1n) is 6.15. The van der Waals surface area contributed by atoms with Gasteiger partial charge in [0.05, 0.1) is 6.54 Å². The summed E-state index contributed by atoms with van der Waals surface area (Å²) in [6.07, 6.45) is 2.51. The third kappa shape index (κ3) is 4.20. The smallest absolute Gasteiger partial charge is 0.237 e. The molecule has 0 aromatic carbocycles. The molecule has 1 heterocycles. The predicted molar refractivity (Wildman–Crippen MR) is 72.5 cm³/mol. The van der Waals surface area contributed by atoms with E-state index in [0.717, 1.165) is 18.8 Å². The normalized spacial score (nSPS) is 10.4. The van der Waals surface area contributed by atoms with Gasteiger partial charge in [-0.05, 0) is 20.3 Å². The maximum absolute atomic E-state index is 11.1. The van der Waals surface area contributed by atoms with E-state index >= 15 is 0 Å². The summed E-state index contributed by atoms with van der Waals surface area (Å²) < 4.78 is 0. The van der Waals surface area contributed by atoms with Gasteiger partial charge in [-0.25, -0.2) is 9.97 Å². The van der Waals surface area contributed by atoms with Crippen LogP contribution in [-0.4, -0.2) is 35.0 Å². The van der Waals surface area contributed by atoms with Gasteiger partial charge >= 0.3 is 0 Å². The Morgan fingerprint density at radius 2 is 2.22 bits per heavy atom. The van der Waals surface area contributed by atoms with Gasteiger partial charge in [-0.2, -0.15) is 0 Å². The van der Waals surface area contributed by atoms with Gasteiger partial charge in [0.1, 0.15) is 18.0 Å². The standard InChI is InChI=1S/C12H21N5O/c1-4-5-14-11-6-12(16-8-15-11)17(9(2)3)7-10(13)18/h6,8-9H,4-5,7H2,1-3H3,(H2,13,18)(H,14,15,16). The van der Waals surface area contributed by atoms with Gasteiger partial charge in [0, 0.05) is 18.7 Å². The number of hydrogen-bond acceptors (Lipinski definition) is 5. The predicted octanol–water partition coefficient (Wildman–Crippen LogP) is 0.999. The van der Waals surface area contributed by atoms with E-state index in [9.17, 15) is 4.79 Å². The maximum atomic E-state index is 11.1. The molecule has 1 aromatic rings. The molecule has 0 bridgehead atoms. The molecule has 1 rings (SSSR count). The highest BCUT2D eigenvalue weighted by Crippen LogP contribution is 2.16. The van der Waals surface area contributed by atoms with Crippen molar-refractivity contribution in [2.45, 2.75) is 33.2 Å². The summed E-state index contributed by atoms with van der Waals surface area (Å²) in [5, 5.41) is 3.19. The molecule has 0 unspecified atom stereocenters. The second kappa shape index (κ2) is 6.78. The molecule has 1 aromatic heterocycles. The number of primary amides is 1. The lowest BCUT2D eigenvalue weighted by Crippen LogP contribution is -2.39. The maximum Gasteiger partial charge on any atom is 0.237 e. The zero-order chi connectivity index (χ0) is 13.5. The van der Waals surface area contributed by atoms with E-state index in [1.165, 1.54) is 6.33 Å². The minimum atomic E-state index is -0.370. The van der Waals surface area contributed by atoms with E-state index < -0.39 is 0 Å². The van der Waals surface area contributed by atoms with Crippen molar-refractivity contribution in [2.24, 2.45) is 5.73 Å². The quantitative estimate of drug-likeness (QED) is 0.755. The number of nitrogens with zero attached hydrogens (tertiary/aromatic N) is 3. The molecule has 1 amide bonds. The van der Waals surface area contributed by atoms with Crippen LogP contribution in [0.3, 0.4) is 0 Å². The van der Waals surface area contributed by atoms with Crippen LogP contribution in [0.5, 0.6) is 0 Å². The fourth-order valence-electron chi connectivity index (χ4n) is 1.55. The monoisotopic (exact) mass is 251 g/mol. The molecular formula is C12H21N5O. The molecule has 6 heteroatoms. The van der Waals surface area contributed by atoms with Crippen LogP contribution in [-0.2, 0) is 4.79 Å². The zero-order valence-corrected chi connectivity index (χ0v) is 11.2. The highest BCUT2D eigenvalue weighted by molar-refractivity contribution is 5.79. The van der Waals surface area contributed by atoms with Crippen LogP contribution in [0.15, 0.2) is 12.4 Å². The molecule has 0 saturated carbocycles. The van der Waals surface area contributed by atoms with Gasteiger partial charge < -0.3 is 16.0 Å². The van der Waals surface area contributed by atoms with E-state index in [1.807, 2.05) is 24.8 Å². The van der Waals surface area contributed by atoms with Crippen molar-refractivity contribution in [3.8, 4) is 0 Å². The summed E-state index contributed by atoms with van der Waals surface area (Å²) >= 11 is 0. The molecule has 100 valence electrons. The topological polar surface area (TPSA) is 84.1 Å². The van der Waals surface area contributed by atoms with Gasteiger partial charge in [0.25, 0.3) is 0 Å². The molecule has 0 aliphatic carbocycles. The van der Waals surface area contributed by atoms with E-state index in [0.29, 0.717) is 5.82 Å². The number of carbonyl (C=O) groups is 1. The van der Waals surface area contributed by atoms with Crippen LogP contribution in [0.4, 0.5) is 11.6 Å². The molecule has 0 fully saturated rings. The van der Waals surface area contributed by atoms with Crippen molar-refractivity contribution in [1.82, 2.24) is 9.97 Å². The molecular weight excluding hydrogens is 230 g/mol. The van der Waals surface area contributed by atoms with Crippen molar-refractivity contribution in [3.05, 3.63) is 12.4 Å². The Morgan fingerprint density at radius 3 is 2.78 bits per heavy atom. The van der Waals surface area contributed by atoms with Gasteiger partial charge in [-0.15, -0.1) is 0 Å². The van der Waals surface area contributed by atoms with Crippen molar-refractivity contribution < 1.29 is 4.79 Å². The molecule has 3 N–H and O–H groups in total. The number of anilines is 2. The molecule has 0 saturated heterocycles. The van der Waals surface area contributed by atoms with E-state index in [-0.39, 0.29) is 18.5 Å². The third-order valence-electron chi connectivity index (χ3n) is 2.45. The Labute approximate surface area is 108 Å². The van der Waals surface area contributed by atoms with Crippen molar-refractivity contribution >= 4 is 17.5 Å². The number of amides is 1. The van der Waals surface area contributed by atoms with Crippen LogP contribution in [0.25, 0.3) is 0 Å². The summed E-state index contributed by atoms with van der Waals surface area (Å²) in [5.74, 6) is 1.10. The summed E-state index contributed by atoms with van der Waals surface area (Å²) in [6.45, 7) is 7.08. The third-order valence-corrected chi connectivity index (χ3v) is 2.45. The molecule has 0 spiro atoms. The number of nitrogens with one attached hydrogen (secondary N) is 1. The molecule has 0 aliphatic heterocycles. The molecule has 0 radical (unpaired) electrons. The molecule has 0 atom stereocenters. The summed E-state index contributed by atoms with van der Waals surface area (Å²) in [7, 11) is 0. The molecule has 18 heavy (non-hydrogen) atoms. The lowest BCUT2D eigenvalue weighted by molar-refractivity contribution is -0.116. The summed E-state index contributed by atoms with van der Waals surface area (Å²) in [4.78, 5) is 21.2. The SMILES string of the molecule is CCCNc1cc(N(CC(N)=O)C(C)C)ncn1. The highest BCUT2D eigenvalue weighted by Gasteiger charge is 2.14. The second-order valence-corrected chi connectivity index (χ2v) is 4.38. The Morgan fingerprint density at radius 1 is 1.50 bits per heavy atom. The fourth-order valence-corrected chi connectivity index (χ4v) is 1.55.